The van der Waals surface area contributed by atoms with Crippen LogP contribution >= 0.6 is 11.8 Å². The van der Waals surface area contributed by atoms with Crippen molar-refractivity contribution >= 4 is 16.9 Å². The highest BCUT2D eigenvalue weighted by Crippen LogP contribution is 2.49. The summed E-state index contributed by atoms with van der Waals surface area (Å²) < 4.78 is 11.0. The first kappa shape index (κ1) is 17.2. The smallest absolute Gasteiger partial charge is 0.161 e. The predicted octanol–water partition coefficient (Wildman–Crippen LogP) is 4.08. The summed E-state index contributed by atoms with van der Waals surface area (Å²) in [7, 11) is 3.34. The summed E-state index contributed by atoms with van der Waals surface area (Å²) in [6.45, 7) is 2.24. The molecule has 0 amide bonds. The molecule has 136 valence electrons. The average Bonchev–Trinajstić information content (AvgIpc) is 3.27. The molecule has 3 heterocycles. The molecule has 0 spiro atoms. The molecule has 3 atom stereocenters. The molecule has 0 bridgehead atoms. The van der Waals surface area contributed by atoms with Gasteiger partial charge in [-0.2, -0.15) is 0 Å². The second kappa shape index (κ2) is 7.19. The molecular formula is C20H23N3O2S. The van der Waals surface area contributed by atoms with Crippen molar-refractivity contribution < 1.29 is 9.47 Å². The molecule has 0 radical (unpaired) electrons. The van der Waals surface area contributed by atoms with Gasteiger partial charge >= 0.3 is 0 Å². The van der Waals surface area contributed by atoms with E-state index in [4.69, 9.17) is 14.5 Å². The lowest BCUT2D eigenvalue weighted by atomic mass is 9.95. The molecule has 5 nitrogen and oxygen atoms in total. The van der Waals surface area contributed by atoms with E-state index < -0.39 is 0 Å². The average molecular weight is 369 g/mol. The Bertz CT molecular complexity index is 812. The fraction of sp³-hybridized carbons (Fsp3) is 0.400. The van der Waals surface area contributed by atoms with Crippen molar-refractivity contribution in [3.8, 4) is 11.5 Å². The van der Waals surface area contributed by atoms with Gasteiger partial charge in [-0.15, -0.1) is 0 Å². The minimum Gasteiger partial charge on any atom is -0.493 e. The van der Waals surface area contributed by atoms with Gasteiger partial charge in [0.05, 0.1) is 26.0 Å². The highest BCUT2D eigenvalue weighted by molar-refractivity contribution is 8.14. The Labute approximate surface area is 158 Å². The Morgan fingerprint density at radius 2 is 2.00 bits per heavy atom. The van der Waals surface area contributed by atoms with Gasteiger partial charge < -0.3 is 14.4 Å². The highest BCUT2D eigenvalue weighted by atomic mass is 32.2. The molecule has 0 unspecified atom stereocenters. The van der Waals surface area contributed by atoms with Gasteiger partial charge in [-0.3, -0.25) is 9.98 Å². The number of hydrogen-bond donors (Lipinski definition) is 0. The van der Waals surface area contributed by atoms with Crippen LogP contribution in [0.25, 0.3) is 0 Å². The number of thioether (sulfide) groups is 1. The standard InChI is InChI=1S/C20H23N3O2S/c1-4-14-12-26-20-22-18(15-7-5-6-10-21-15)19(23(14)20)13-8-9-16(24-2)17(11-13)25-3/h5-11,14,18-19H,4,12H2,1-3H3/t14-,18+,19+/m1/s1. The second-order valence-corrected chi connectivity index (χ2v) is 7.44. The number of fused-ring (bicyclic) bond motifs is 1. The first-order valence-electron chi connectivity index (χ1n) is 8.88. The fourth-order valence-electron chi connectivity index (χ4n) is 3.75. The first-order valence-corrected chi connectivity index (χ1v) is 9.87. The second-order valence-electron chi connectivity index (χ2n) is 6.45. The van der Waals surface area contributed by atoms with Crippen LogP contribution in [0.5, 0.6) is 11.5 Å². The van der Waals surface area contributed by atoms with Crippen molar-refractivity contribution in [1.29, 1.82) is 0 Å². The van der Waals surface area contributed by atoms with Crippen LogP contribution in [0.3, 0.4) is 0 Å². The van der Waals surface area contributed by atoms with Crippen LogP contribution in [0, 0.1) is 0 Å². The molecule has 0 saturated carbocycles. The Kier molecular flexibility index (Phi) is 4.76. The van der Waals surface area contributed by atoms with E-state index in [-0.39, 0.29) is 12.1 Å². The summed E-state index contributed by atoms with van der Waals surface area (Å²) in [6, 6.07) is 12.8. The number of methoxy groups -OCH3 is 2. The molecule has 2 aromatic rings. The third-order valence-corrected chi connectivity index (χ3v) is 6.20. The quantitative estimate of drug-likeness (QED) is 0.795. The third kappa shape index (κ3) is 2.82. The number of aromatic nitrogens is 1. The van der Waals surface area contributed by atoms with Crippen LogP contribution in [0.2, 0.25) is 0 Å². The van der Waals surface area contributed by atoms with Gasteiger partial charge in [0, 0.05) is 18.0 Å². The van der Waals surface area contributed by atoms with Crippen LogP contribution in [0.4, 0.5) is 0 Å². The van der Waals surface area contributed by atoms with Crippen LogP contribution in [0.15, 0.2) is 47.6 Å². The van der Waals surface area contributed by atoms with Gasteiger partial charge in [-0.25, -0.2) is 0 Å². The first-order chi connectivity index (χ1) is 12.8. The van der Waals surface area contributed by atoms with E-state index in [1.165, 1.54) is 5.56 Å². The Hall–Kier alpha value is -2.21. The molecule has 0 N–H and O–H groups in total. The topological polar surface area (TPSA) is 47.0 Å². The molecule has 4 rings (SSSR count). The third-order valence-electron chi connectivity index (χ3n) is 5.08. The van der Waals surface area contributed by atoms with Crippen LogP contribution < -0.4 is 9.47 Å². The zero-order valence-corrected chi connectivity index (χ0v) is 16.1. The summed E-state index contributed by atoms with van der Waals surface area (Å²) in [4.78, 5) is 12.1. The van der Waals surface area contributed by atoms with E-state index in [9.17, 15) is 0 Å². The summed E-state index contributed by atoms with van der Waals surface area (Å²) in [5, 5.41) is 1.13. The summed E-state index contributed by atoms with van der Waals surface area (Å²) in [5.74, 6) is 2.58. The molecule has 1 saturated heterocycles. The Morgan fingerprint density at radius 1 is 1.15 bits per heavy atom. The normalized spacial score (nSPS) is 24.3. The molecule has 1 fully saturated rings. The molecule has 1 aromatic heterocycles. The molecule has 2 aliphatic heterocycles. The number of benzene rings is 1. The molecule has 1 aromatic carbocycles. The van der Waals surface area contributed by atoms with Gasteiger partial charge in [0.25, 0.3) is 0 Å². The lowest BCUT2D eigenvalue weighted by molar-refractivity contribution is 0.254. The van der Waals surface area contributed by atoms with Gasteiger partial charge in [0.2, 0.25) is 0 Å². The van der Waals surface area contributed by atoms with Crippen molar-refractivity contribution in [3.05, 3.63) is 53.9 Å². The van der Waals surface area contributed by atoms with E-state index in [1.807, 2.05) is 36.2 Å². The van der Waals surface area contributed by atoms with Crippen LogP contribution in [0.1, 0.15) is 36.7 Å². The molecular weight excluding hydrogens is 346 g/mol. The van der Waals surface area contributed by atoms with Gasteiger partial charge in [0.15, 0.2) is 16.7 Å². The number of amidine groups is 1. The maximum atomic E-state index is 5.54. The molecule has 26 heavy (non-hydrogen) atoms. The van der Waals surface area contributed by atoms with E-state index in [0.717, 1.165) is 34.5 Å². The van der Waals surface area contributed by atoms with Crippen molar-refractivity contribution in [2.24, 2.45) is 4.99 Å². The molecule has 2 aliphatic rings. The lowest BCUT2D eigenvalue weighted by Gasteiger charge is -2.32. The van der Waals surface area contributed by atoms with E-state index in [0.29, 0.717) is 6.04 Å². The Balaban J connectivity index is 1.79. The number of rotatable bonds is 5. The van der Waals surface area contributed by atoms with Crippen LogP contribution in [-0.2, 0) is 0 Å². The van der Waals surface area contributed by atoms with Gasteiger partial charge in [-0.05, 0) is 36.2 Å². The minimum atomic E-state index is -0.00819. The zero-order valence-electron chi connectivity index (χ0n) is 15.3. The number of aliphatic imine (C=N–C) groups is 1. The molecule has 6 heteroatoms. The molecule has 0 aliphatic carbocycles. The largest absolute Gasteiger partial charge is 0.493 e. The maximum Gasteiger partial charge on any atom is 0.161 e. The zero-order chi connectivity index (χ0) is 18.1. The fourth-order valence-corrected chi connectivity index (χ4v) is 5.08. The predicted molar refractivity (Wildman–Crippen MR) is 105 cm³/mol. The number of ether oxygens (including phenoxy) is 2. The summed E-state index contributed by atoms with van der Waals surface area (Å²) in [6.07, 6.45) is 2.94. The number of pyridine rings is 1. The van der Waals surface area contributed by atoms with Crippen LogP contribution in [-0.4, -0.2) is 41.1 Å². The van der Waals surface area contributed by atoms with Crippen molar-refractivity contribution in [1.82, 2.24) is 9.88 Å². The summed E-state index contributed by atoms with van der Waals surface area (Å²) in [5.41, 5.74) is 2.18. The monoisotopic (exact) mass is 369 g/mol. The van der Waals surface area contributed by atoms with Crippen molar-refractivity contribution in [3.63, 3.8) is 0 Å². The number of hydrogen-bond acceptors (Lipinski definition) is 6. The number of nitrogens with zero attached hydrogens (tertiary/aromatic N) is 3. The minimum absolute atomic E-state index is 0.00819. The van der Waals surface area contributed by atoms with Gasteiger partial charge in [0.1, 0.15) is 6.04 Å². The van der Waals surface area contributed by atoms with E-state index in [1.54, 1.807) is 14.2 Å². The SMILES string of the molecule is CC[C@@H]1CSC2=N[C@@H](c3ccccn3)[C@H](c3ccc(OC)c(OC)c3)N21. The maximum absolute atomic E-state index is 5.54. The van der Waals surface area contributed by atoms with Crippen molar-refractivity contribution in [2.75, 3.05) is 20.0 Å². The summed E-state index contributed by atoms with van der Waals surface area (Å²) >= 11 is 1.85. The van der Waals surface area contributed by atoms with E-state index >= 15 is 0 Å². The van der Waals surface area contributed by atoms with E-state index in [2.05, 4.69) is 35.0 Å². The Morgan fingerprint density at radius 3 is 2.69 bits per heavy atom. The highest BCUT2D eigenvalue weighted by Gasteiger charge is 2.45. The lowest BCUT2D eigenvalue weighted by Crippen LogP contribution is -2.35. The van der Waals surface area contributed by atoms with Gasteiger partial charge in [-0.1, -0.05) is 30.8 Å². The van der Waals surface area contributed by atoms with Crippen molar-refractivity contribution in [2.45, 2.75) is 31.5 Å².